The molecule has 0 radical (unpaired) electrons. The summed E-state index contributed by atoms with van der Waals surface area (Å²) in [5, 5.41) is 3.18. The normalized spacial score (nSPS) is 15.0. The second-order valence-electron chi connectivity index (χ2n) is 5.96. The maximum absolute atomic E-state index is 12.5. The first-order valence-corrected chi connectivity index (χ1v) is 7.95. The highest BCUT2D eigenvalue weighted by Gasteiger charge is 2.33. The molecular weight excluding hydrogens is 288 g/mol. The summed E-state index contributed by atoms with van der Waals surface area (Å²) in [6, 6.07) is 15.4. The monoisotopic (exact) mass is 310 g/mol. The van der Waals surface area contributed by atoms with Crippen LogP contribution < -0.4 is 15.8 Å². The van der Waals surface area contributed by atoms with E-state index < -0.39 is 0 Å². The van der Waals surface area contributed by atoms with Crippen LogP contribution in [0.1, 0.15) is 40.4 Å². The minimum atomic E-state index is -0.0405. The summed E-state index contributed by atoms with van der Waals surface area (Å²) < 4.78 is 5.20. The largest absolute Gasteiger partial charge is 0.497 e. The fourth-order valence-corrected chi connectivity index (χ4v) is 2.73. The van der Waals surface area contributed by atoms with Crippen LogP contribution in [0.25, 0.3) is 0 Å². The summed E-state index contributed by atoms with van der Waals surface area (Å²) in [4.78, 5) is 12.5. The van der Waals surface area contributed by atoms with Crippen LogP contribution in [-0.4, -0.2) is 13.0 Å². The van der Waals surface area contributed by atoms with Gasteiger partial charge < -0.3 is 15.8 Å². The fraction of sp³-hybridized carbons (Fsp3) is 0.316. The maximum Gasteiger partial charge on any atom is 0.251 e. The molecule has 1 saturated carbocycles. The van der Waals surface area contributed by atoms with Crippen LogP contribution in [0, 0.1) is 5.92 Å². The van der Waals surface area contributed by atoms with Gasteiger partial charge in [0.1, 0.15) is 5.75 Å². The third-order valence-corrected chi connectivity index (χ3v) is 4.31. The molecule has 23 heavy (non-hydrogen) atoms. The third-order valence-electron chi connectivity index (χ3n) is 4.31. The quantitative estimate of drug-likeness (QED) is 0.862. The Bertz CT molecular complexity index is 661. The number of nitrogens with two attached hydrogens (primary N) is 1. The van der Waals surface area contributed by atoms with Crippen molar-refractivity contribution in [2.24, 2.45) is 11.7 Å². The van der Waals surface area contributed by atoms with Crippen LogP contribution >= 0.6 is 0 Å². The van der Waals surface area contributed by atoms with E-state index in [9.17, 15) is 4.79 Å². The fourth-order valence-electron chi connectivity index (χ4n) is 2.73. The van der Waals surface area contributed by atoms with Crippen molar-refractivity contribution < 1.29 is 9.53 Å². The SMILES string of the molecule is COc1ccc(C(NC(=O)c2ccc(CN)cc2)C2CC2)cc1. The highest BCUT2D eigenvalue weighted by atomic mass is 16.5. The number of carbonyl (C=O) groups is 1. The molecular formula is C19H22N2O2. The number of carbonyl (C=O) groups excluding carboxylic acids is 1. The Balaban J connectivity index is 1.74. The number of benzene rings is 2. The molecule has 0 bridgehead atoms. The van der Waals surface area contributed by atoms with Crippen molar-refractivity contribution in [2.75, 3.05) is 7.11 Å². The summed E-state index contributed by atoms with van der Waals surface area (Å²) >= 11 is 0. The van der Waals surface area contributed by atoms with Gasteiger partial charge >= 0.3 is 0 Å². The van der Waals surface area contributed by atoms with Crippen molar-refractivity contribution >= 4 is 5.91 Å². The van der Waals surface area contributed by atoms with Crippen molar-refractivity contribution in [3.8, 4) is 5.75 Å². The lowest BCUT2D eigenvalue weighted by Gasteiger charge is -2.19. The molecule has 1 aliphatic carbocycles. The average Bonchev–Trinajstić information content (AvgIpc) is 3.44. The van der Waals surface area contributed by atoms with E-state index in [1.165, 1.54) is 0 Å². The van der Waals surface area contributed by atoms with Crippen LogP contribution in [0.3, 0.4) is 0 Å². The van der Waals surface area contributed by atoms with Crippen LogP contribution in [0.15, 0.2) is 48.5 Å². The molecule has 3 N–H and O–H groups in total. The molecule has 0 aromatic heterocycles. The van der Waals surface area contributed by atoms with Crippen molar-refractivity contribution in [3.63, 3.8) is 0 Å². The number of hydrogen-bond acceptors (Lipinski definition) is 3. The number of nitrogens with one attached hydrogen (secondary N) is 1. The standard InChI is InChI=1S/C19H22N2O2/c1-23-17-10-8-15(9-11-17)18(14-6-7-14)21-19(22)16-4-2-13(12-20)3-5-16/h2-5,8-11,14,18H,6-7,12,20H2,1H3,(H,21,22). The molecule has 2 aromatic rings. The Hall–Kier alpha value is -2.33. The first-order valence-electron chi connectivity index (χ1n) is 7.95. The van der Waals surface area contributed by atoms with Crippen LogP contribution in [0.2, 0.25) is 0 Å². The predicted octanol–water partition coefficient (Wildman–Crippen LogP) is 3.04. The molecule has 1 aliphatic rings. The number of rotatable bonds is 6. The van der Waals surface area contributed by atoms with E-state index in [2.05, 4.69) is 5.32 Å². The summed E-state index contributed by atoms with van der Waals surface area (Å²) in [5.74, 6) is 1.31. The van der Waals surface area contributed by atoms with Crippen LogP contribution in [0.4, 0.5) is 0 Å². The van der Waals surface area contributed by atoms with Crippen LogP contribution in [-0.2, 0) is 6.54 Å². The van der Waals surface area contributed by atoms with E-state index in [-0.39, 0.29) is 11.9 Å². The molecule has 1 amide bonds. The predicted molar refractivity (Wildman–Crippen MR) is 90.3 cm³/mol. The van der Waals surface area contributed by atoms with Gasteiger partial charge in [-0.1, -0.05) is 24.3 Å². The van der Waals surface area contributed by atoms with Crippen molar-refractivity contribution in [1.29, 1.82) is 0 Å². The molecule has 3 rings (SSSR count). The van der Waals surface area contributed by atoms with E-state index in [4.69, 9.17) is 10.5 Å². The third kappa shape index (κ3) is 3.71. The van der Waals surface area contributed by atoms with Crippen LogP contribution in [0.5, 0.6) is 5.75 Å². The molecule has 1 atom stereocenters. The van der Waals surface area contributed by atoms with E-state index in [0.29, 0.717) is 18.0 Å². The lowest BCUT2D eigenvalue weighted by molar-refractivity contribution is 0.0931. The first kappa shape index (κ1) is 15.6. The zero-order valence-electron chi connectivity index (χ0n) is 13.3. The Morgan fingerprint density at radius 3 is 2.35 bits per heavy atom. The molecule has 120 valence electrons. The smallest absolute Gasteiger partial charge is 0.251 e. The minimum Gasteiger partial charge on any atom is -0.497 e. The van der Waals surface area contributed by atoms with Crippen molar-refractivity contribution in [3.05, 3.63) is 65.2 Å². The van der Waals surface area contributed by atoms with Crippen molar-refractivity contribution in [2.45, 2.75) is 25.4 Å². The zero-order chi connectivity index (χ0) is 16.2. The van der Waals surface area contributed by atoms with E-state index >= 15 is 0 Å². The lowest BCUT2D eigenvalue weighted by atomic mass is 10.0. The molecule has 2 aromatic carbocycles. The first-order chi connectivity index (χ1) is 11.2. The number of methoxy groups -OCH3 is 1. The van der Waals surface area contributed by atoms with Gasteiger partial charge in [-0.2, -0.15) is 0 Å². The van der Waals surface area contributed by atoms with Crippen molar-refractivity contribution in [1.82, 2.24) is 5.32 Å². The van der Waals surface area contributed by atoms with Gasteiger partial charge in [-0.15, -0.1) is 0 Å². The van der Waals surface area contributed by atoms with E-state index in [0.717, 1.165) is 29.7 Å². The van der Waals surface area contributed by atoms with Gasteiger partial charge in [0.05, 0.1) is 13.2 Å². The topological polar surface area (TPSA) is 64.3 Å². The molecule has 0 spiro atoms. The highest BCUT2D eigenvalue weighted by Crippen LogP contribution is 2.41. The molecule has 0 aliphatic heterocycles. The van der Waals surface area contributed by atoms with Gasteiger partial charge in [0.15, 0.2) is 0 Å². The number of hydrogen-bond donors (Lipinski definition) is 2. The molecule has 1 fully saturated rings. The number of amides is 1. The summed E-state index contributed by atoms with van der Waals surface area (Å²) in [6.45, 7) is 0.485. The van der Waals surface area contributed by atoms with Gasteiger partial charge in [0.2, 0.25) is 0 Å². The van der Waals surface area contributed by atoms with E-state index in [1.54, 1.807) is 7.11 Å². The second-order valence-corrected chi connectivity index (χ2v) is 5.96. The van der Waals surface area contributed by atoms with Gasteiger partial charge in [-0.3, -0.25) is 4.79 Å². The number of ether oxygens (including phenoxy) is 1. The van der Waals surface area contributed by atoms with Gasteiger partial charge in [-0.25, -0.2) is 0 Å². The average molecular weight is 310 g/mol. The highest BCUT2D eigenvalue weighted by molar-refractivity contribution is 5.94. The molecule has 4 heteroatoms. The zero-order valence-corrected chi connectivity index (χ0v) is 13.3. The van der Waals surface area contributed by atoms with Gasteiger partial charge in [0.25, 0.3) is 5.91 Å². The van der Waals surface area contributed by atoms with Gasteiger partial charge in [-0.05, 0) is 54.2 Å². The molecule has 1 unspecified atom stereocenters. The Morgan fingerprint density at radius 1 is 1.17 bits per heavy atom. The molecule has 0 saturated heterocycles. The molecule has 0 heterocycles. The summed E-state index contributed by atoms with van der Waals surface area (Å²) in [5.41, 5.74) is 8.41. The maximum atomic E-state index is 12.5. The Kier molecular flexibility index (Phi) is 4.63. The molecule has 4 nitrogen and oxygen atoms in total. The summed E-state index contributed by atoms with van der Waals surface area (Å²) in [6.07, 6.45) is 2.31. The van der Waals surface area contributed by atoms with Gasteiger partial charge in [0, 0.05) is 12.1 Å². The minimum absolute atomic E-state index is 0.0405. The lowest BCUT2D eigenvalue weighted by Crippen LogP contribution is -2.29. The Labute approximate surface area is 136 Å². The second kappa shape index (κ2) is 6.84. The van der Waals surface area contributed by atoms with E-state index in [1.807, 2.05) is 48.5 Å². The Morgan fingerprint density at radius 2 is 1.83 bits per heavy atom. The summed E-state index contributed by atoms with van der Waals surface area (Å²) in [7, 11) is 1.65.